The van der Waals surface area contributed by atoms with Crippen molar-refractivity contribution in [1.82, 2.24) is 4.98 Å². The van der Waals surface area contributed by atoms with E-state index in [1.54, 1.807) is 25.4 Å². The van der Waals surface area contributed by atoms with E-state index in [0.717, 1.165) is 22.3 Å². The standard InChI is InChI=1S/C16H14ClN3O/c1-21-15-7-6-10(17)8-14(15)20-16-11-4-2-3-5-13(11)19-9-12(16)18/h2-9H,18H2,1H3,(H,19,20). The van der Waals surface area contributed by atoms with Crippen molar-refractivity contribution in [3.8, 4) is 5.75 Å². The number of para-hydroxylation sites is 1. The van der Waals surface area contributed by atoms with E-state index >= 15 is 0 Å². The van der Waals surface area contributed by atoms with E-state index in [9.17, 15) is 0 Å². The van der Waals surface area contributed by atoms with Gasteiger partial charge in [0.05, 0.1) is 35.9 Å². The number of fused-ring (bicyclic) bond motifs is 1. The van der Waals surface area contributed by atoms with Gasteiger partial charge in [0.15, 0.2) is 0 Å². The molecule has 0 aliphatic heterocycles. The molecular formula is C16H14ClN3O. The molecule has 1 aromatic heterocycles. The maximum atomic E-state index is 6.07. The van der Waals surface area contributed by atoms with E-state index in [0.29, 0.717) is 16.5 Å². The number of nitrogens with zero attached hydrogens (tertiary/aromatic N) is 1. The number of aromatic nitrogens is 1. The largest absolute Gasteiger partial charge is 0.495 e. The topological polar surface area (TPSA) is 60.2 Å². The minimum Gasteiger partial charge on any atom is -0.495 e. The molecule has 0 radical (unpaired) electrons. The Morgan fingerprint density at radius 2 is 2.00 bits per heavy atom. The summed E-state index contributed by atoms with van der Waals surface area (Å²) in [6, 6.07) is 13.2. The van der Waals surface area contributed by atoms with Crippen LogP contribution in [0.15, 0.2) is 48.7 Å². The summed E-state index contributed by atoms with van der Waals surface area (Å²) in [6.45, 7) is 0. The van der Waals surface area contributed by atoms with Crippen molar-refractivity contribution in [2.24, 2.45) is 0 Å². The average molecular weight is 300 g/mol. The number of methoxy groups -OCH3 is 1. The number of hydrogen-bond donors (Lipinski definition) is 2. The summed E-state index contributed by atoms with van der Waals surface area (Å²) >= 11 is 6.06. The zero-order valence-corrected chi connectivity index (χ0v) is 12.2. The monoisotopic (exact) mass is 299 g/mol. The number of anilines is 3. The van der Waals surface area contributed by atoms with Gasteiger partial charge in [0.25, 0.3) is 0 Å². The normalized spacial score (nSPS) is 10.6. The second-order valence-electron chi connectivity index (χ2n) is 4.58. The number of ether oxygens (including phenoxy) is 1. The molecular weight excluding hydrogens is 286 g/mol. The maximum Gasteiger partial charge on any atom is 0.142 e. The van der Waals surface area contributed by atoms with Gasteiger partial charge in [0.1, 0.15) is 5.75 Å². The highest BCUT2D eigenvalue weighted by atomic mass is 35.5. The van der Waals surface area contributed by atoms with E-state index in [4.69, 9.17) is 22.1 Å². The molecule has 0 fully saturated rings. The quantitative estimate of drug-likeness (QED) is 0.760. The lowest BCUT2D eigenvalue weighted by atomic mass is 10.1. The molecule has 2 aromatic carbocycles. The first-order valence-corrected chi connectivity index (χ1v) is 6.80. The van der Waals surface area contributed by atoms with Crippen LogP contribution < -0.4 is 15.8 Å². The van der Waals surface area contributed by atoms with Crippen LogP contribution in [0.5, 0.6) is 5.75 Å². The lowest BCUT2D eigenvalue weighted by Crippen LogP contribution is -2.00. The number of rotatable bonds is 3. The molecule has 106 valence electrons. The van der Waals surface area contributed by atoms with Gasteiger partial charge in [-0.05, 0) is 24.3 Å². The Morgan fingerprint density at radius 3 is 2.81 bits per heavy atom. The molecule has 21 heavy (non-hydrogen) atoms. The average Bonchev–Trinajstić information content (AvgIpc) is 2.50. The van der Waals surface area contributed by atoms with Gasteiger partial charge in [-0.3, -0.25) is 4.98 Å². The molecule has 1 heterocycles. The van der Waals surface area contributed by atoms with Crippen molar-refractivity contribution >= 4 is 39.6 Å². The molecule has 3 N–H and O–H groups in total. The lowest BCUT2D eigenvalue weighted by molar-refractivity contribution is 0.417. The SMILES string of the molecule is COc1ccc(Cl)cc1Nc1c(N)cnc2ccccc12. The van der Waals surface area contributed by atoms with E-state index in [-0.39, 0.29) is 0 Å². The zero-order chi connectivity index (χ0) is 14.8. The van der Waals surface area contributed by atoms with Crippen LogP contribution in [0.25, 0.3) is 10.9 Å². The van der Waals surface area contributed by atoms with Gasteiger partial charge in [0, 0.05) is 10.4 Å². The molecule has 0 aliphatic rings. The second-order valence-corrected chi connectivity index (χ2v) is 5.01. The van der Waals surface area contributed by atoms with Gasteiger partial charge < -0.3 is 15.8 Å². The molecule has 0 saturated carbocycles. The third-order valence-electron chi connectivity index (χ3n) is 3.23. The highest BCUT2D eigenvalue weighted by molar-refractivity contribution is 6.31. The van der Waals surface area contributed by atoms with E-state index in [1.165, 1.54) is 0 Å². The summed E-state index contributed by atoms with van der Waals surface area (Å²) in [7, 11) is 1.61. The Bertz CT molecular complexity index is 805. The van der Waals surface area contributed by atoms with E-state index in [2.05, 4.69) is 10.3 Å². The lowest BCUT2D eigenvalue weighted by Gasteiger charge is -2.15. The second kappa shape index (κ2) is 5.50. The number of pyridine rings is 1. The fourth-order valence-corrected chi connectivity index (χ4v) is 2.38. The van der Waals surface area contributed by atoms with Crippen molar-refractivity contribution in [3.05, 3.63) is 53.7 Å². The first-order valence-electron chi connectivity index (χ1n) is 6.43. The summed E-state index contributed by atoms with van der Waals surface area (Å²) in [5.41, 5.74) is 9.05. The number of nitrogens with one attached hydrogen (secondary N) is 1. The first-order chi connectivity index (χ1) is 10.2. The van der Waals surface area contributed by atoms with Gasteiger partial charge in [-0.2, -0.15) is 0 Å². The molecule has 0 atom stereocenters. The minimum atomic E-state index is 0.565. The summed E-state index contributed by atoms with van der Waals surface area (Å²) in [6.07, 6.45) is 1.64. The molecule has 0 amide bonds. The van der Waals surface area contributed by atoms with Gasteiger partial charge in [-0.15, -0.1) is 0 Å². The van der Waals surface area contributed by atoms with Crippen LogP contribution in [0.1, 0.15) is 0 Å². The Kier molecular flexibility index (Phi) is 3.54. The third-order valence-corrected chi connectivity index (χ3v) is 3.46. The fourth-order valence-electron chi connectivity index (χ4n) is 2.21. The molecule has 0 spiro atoms. The first kappa shape index (κ1) is 13.5. The fraction of sp³-hybridized carbons (Fsp3) is 0.0625. The zero-order valence-electron chi connectivity index (χ0n) is 11.4. The van der Waals surface area contributed by atoms with Crippen LogP contribution in [-0.2, 0) is 0 Å². The van der Waals surface area contributed by atoms with Crippen LogP contribution in [0.3, 0.4) is 0 Å². The molecule has 3 aromatic rings. The van der Waals surface area contributed by atoms with Crippen molar-refractivity contribution < 1.29 is 4.74 Å². The molecule has 0 aliphatic carbocycles. The summed E-state index contributed by atoms with van der Waals surface area (Å²) in [5, 5.41) is 4.87. The summed E-state index contributed by atoms with van der Waals surface area (Å²) in [4.78, 5) is 4.32. The molecule has 0 saturated heterocycles. The van der Waals surface area contributed by atoms with Crippen LogP contribution in [0.2, 0.25) is 5.02 Å². The Balaban J connectivity index is 2.14. The molecule has 3 rings (SSSR count). The number of nitrogen functional groups attached to an aromatic ring is 1. The van der Waals surface area contributed by atoms with Crippen molar-refractivity contribution in [2.75, 3.05) is 18.2 Å². The van der Waals surface area contributed by atoms with E-state index in [1.807, 2.05) is 30.3 Å². The smallest absolute Gasteiger partial charge is 0.142 e. The maximum absolute atomic E-state index is 6.07. The molecule has 5 heteroatoms. The number of halogens is 1. The predicted octanol–water partition coefficient (Wildman–Crippen LogP) is 4.22. The third kappa shape index (κ3) is 2.58. The summed E-state index contributed by atoms with van der Waals surface area (Å²) in [5.74, 6) is 0.694. The molecule has 0 bridgehead atoms. The number of benzene rings is 2. The van der Waals surface area contributed by atoms with Crippen molar-refractivity contribution in [3.63, 3.8) is 0 Å². The van der Waals surface area contributed by atoms with Gasteiger partial charge in [-0.25, -0.2) is 0 Å². The summed E-state index contributed by atoms with van der Waals surface area (Å²) < 4.78 is 5.35. The van der Waals surface area contributed by atoms with Gasteiger partial charge in [0.2, 0.25) is 0 Å². The van der Waals surface area contributed by atoms with Gasteiger partial charge in [-0.1, -0.05) is 29.8 Å². The highest BCUT2D eigenvalue weighted by Crippen LogP contribution is 2.35. The molecule has 4 nitrogen and oxygen atoms in total. The Morgan fingerprint density at radius 1 is 1.19 bits per heavy atom. The Labute approximate surface area is 127 Å². The van der Waals surface area contributed by atoms with E-state index < -0.39 is 0 Å². The highest BCUT2D eigenvalue weighted by Gasteiger charge is 2.10. The van der Waals surface area contributed by atoms with Crippen LogP contribution in [-0.4, -0.2) is 12.1 Å². The van der Waals surface area contributed by atoms with Crippen molar-refractivity contribution in [1.29, 1.82) is 0 Å². The Hall–Kier alpha value is -2.46. The van der Waals surface area contributed by atoms with Crippen LogP contribution in [0, 0.1) is 0 Å². The van der Waals surface area contributed by atoms with Crippen LogP contribution in [0.4, 0.5) is 17.1 Å². The number of hydrogen-bond acceptors (Lipinski definition) is 4. The minimum absolute atomic E-state index is 0.565. The predicted molar refractivity (Wildman–Crippen MR) is 87.4 cm³/mol. The van der Waals surface area contributed by atoms with Crippen molar-refractivity contribution in [2.45, 2.75) is 0 Å². The number of nitrogens with two attached hydrogens (primary N) is 1. The van der Waals surface area contributed by atoms with Gasteiger partial charge >= 0.3 is 0 Å². The van der Waals surface area contributed by atoms with Crippen LogP contribution >= 0.6 is 11.6 Å². The molecule has 0 unspecified atom stereocenters.